The molecule has 6 aromatic carbocycles. The molecule has 0 saturated heterocycles. The highest BCUT2D eigenvalue weighted by Gasteiger charge is 2.23. The topological polar surface area (TPSA) is 114 Å². The molecule has 2 heterocycles. The molecule has 0 radical (unpaired) electrons. The Kier molecular flexibility index (Phi) is 6.83. The number of benzene rings is 6. The standard InChI is InChI=1S/C43H20N8/c1-25-12-28(23-46)14-29(13-25)33-20-42(50-38-8-4-26(21-44)15-34(38)35-16-27(22-45)5-9-39(35)50)30(24-47)17-43(33)51-40-10-6-31(48-2)18-36(40)37-19-32(49-3)7-11-41(37)51/h4-20H,1H3. The fourth-order valence-electron chi connectivity index (χ4n) is 7.09. The van der Waals surface area contributed by atoms with Crippen LogP contribution in [0.5, 0.6) is 0 Å². The van der Waals surface area contributed by atoms with Crippen LogP contribution >= 0.6 is 0 Å². The summed E-state index contributed by atoms with van der Waals surface area (Å²) in [4.78, 5) is 7.31. The summed E-state index contributed by atoms with van der Waals surface area (Å²) in [5.74, 6) is 0. The third kappa shape index (κ3) is 4.63. The van der Waals surface area contributed by atoms with Crippen molar-refractivity contribution >= 4 is 55.0 Å². The third-order valence-electron chi connectivity index (χ3n) is 9.25. The number of nitriles is 4. The summed E-state index contributed by atoms with van der Waals surface area (Å²) in [5.41, 5.74) is 9.44. The molecule has 232 valence electrons. The van der Waals surface area contributed by atoms with Gasteiger partial charge in [0.1, 0.15) is 6.07 Å². The van der Waals surface area contributed by atoms with Gasteiger partial charge in [0.25, 0.3) is 0 Å². The molecule has 0 atom stereocenters. The Morgan fingerprint density at radius 1 is 0.490 bits per heavy atom. The first kappa shape index (κ1) is 30.2. The van der Waals surface area contributed by atoms with E-state index in [1.807, 2.05) is 82.8 Å². The van der Waals surface area contributed by atoms with Gasteiger partial charge in [-0.1, -0.05) is 18.2 Å². The van der Waals surface area contributed by atoms with Crippen molar-refractivity contribution in [3.05, 3.63) is 154 Å². The van der Waals surface area contributed by atoms with Gasteiger partial charge in [-0.2, -0.15) is 21.0 Å². The fraction of sp³-hybridized carbons (Fsp3) is 0.0233. The quantitative estimate of drug-likeness (QED) is 0.177. The van der Waals surface area contributed by atoms with Crippen LogP contribution in [0.2, 0.25) is 0 Å². The van der Waals surface area contributed by atoms with Gasteiger partial charge in [0, 0.05) is 16.3 Å². The highest BCUT2D eigenvalue weighted by molar-refractivity contribution is 6.13. The summed E-state index contributed by atoms with van der Waals surface area (Å²) in [6.07, 6.45) is 0. The first-order chi connectivity index (χ1) is 24.9. The molecule has 0 bridgehead atoms. The van der Waals surface area contributed by atoms with E-state index in [-0.39, 0.29) is 0 Å². The van der Waals surface area contributed by atoms with Gasteiger partial charge in [0.15, 0.2) is 11.4 Å². The molecule has 8 nitrogen and oxygen atoms in total. The zero-order valence-corrected chi connectivity index (χ0v) is 26.9. The average molecular weight is 649 g/mol. The van der Waals surface area contributed by atoms with E-state index in [4.69, 9.17) is 13.1 Å². The second-order valence-corrected chi connectivity index (χ2v) is 12.2. The van der Waals surface area contributed by atoms with Crippen LogP contribution in [-0.2, 0) is 0 Å². The zero-order chi connectivity index (χ0) is 35.4. The maximum absolute atomic E-state index is 10.8. The Hall–Kier alpha value is -8.14. The Morgan fingerprint density at radius 3 is 1.47 bits per heavy atom. The number of hydrogen-bond donors (Lipinski definition) is 0. The average Bonchev–Trinajstić information content (AvgIpc) is 3.67. The minimum atomic E-state index is 0.361. The molecule has 0 aliphatic rings. The van der Waals surface area contributed by atoms with Crippen molar-refractivity contribution in [1.29, 1.82) is 21.0 Å². The van der Waals surface area contributed by atoms with Crippen molar-refractivity contribution < 1.29 is 0 Å². The third-order valence-corrected chi connectivity index (χ3v) is 9.25. The number of aryl methyl sites for hydroxylation is 1. The number of aromatic nitrogens is 2. The molecule has 51 heavy (non-hydrogen) atoms. The molecule has 0 aliphatic carbocycles. The smallest absolute Gasteiger partial charge is 0.188 e. The van der Waals surface area contributed by atoms with Crippen molar-refractivity contribution in [3.63, 3.8) is 0 Å². The lowest BCUT2D eigenvalue weighted by molar-refractivity contribution is 1.13. The molecule has 8 heteroatoms. The summed E-state index contributed by atoms with van der Waals surface area (Å²) in [7, 11) is 0. The van der Waals surface area contributed by atoms with E-state index in [1.165, 1.54) is 0 Å². The van der Waals surface area contributed by atoms with Crippen molar-refractivity contribution in [1.82, 2.24) is 9.13 Å². The fourth-order valence-corrected chi connectivity index (χ4v) is 7.09. The van der Waals surface area contributed by atoms with Crippen molar-refractivity contribution in [2.75, 3.05) is 0 Å². The van der Waals surface area contributed by atoms with Gasteiger partial charge in [0.2, 0.25) is 0 Å². The molecule has 0 aliphatic heterocycles. The maximum atomic E-state index is 10.8. The zero-order valence-electron chi connectivity index (χ0n) is 26.9. The highest BCUT2D eigenvalue weighted by Crippen LogP contribution is 2.42. The molecule has 0 saturated carbocycles. The van der Waals surface area contributed by atoms with Gasteiger partial charge in [-0.05, 0) is 114 Å². The number of fused-ring (bicyclic) bond motifs is 6. The van der Waals surface area contributed by atoms with Crippen LogP contribution in [0.15, 0.2) is 103 Å². The monoisotopic (exact) mass is 648 g/mol. The molecule has 2 aromatic heterocycles. The predicted molar refractivity (Wildman–Crippen MR) is 197 cm³/mol. The van der Waals surface area contributed by atoms with E-state index >= 15 is 0 Å². The minimum absolute atomic E-state index is 0.361. The predicted octanol–water partition coefficient (Wildman–Crippen LogP) is 10.4. The van der Waals surface area contributed by atoms with E-state index in [0.29, 0.717) is 45.0 Å². The number of rotatable bonds is 3. The van der Waals surface area contributed by atoms with Crippen LogP contribution < -0.4 is 0 Å². The summed E-state index contributed by atoms with van der Waals surface area (Å²) in [6, 6.07) is 40.2. The van der Waals surface area contributed by atoms with Crippen LogP contribution in [0.1, 0.15) is 27.8 Å². The van der Waals surface area contributed by atoms with Gasteiger partial charge in [-0.15, -0.1) is 0 Å². The second-order valence-electron chi connectivity index (χ2n) is 12.2. The van der Waals surface area contributed by atoms with Crippen LogP contribution in [0.25, 0.3) is 75.8 Å². The molecule has 0 amide bonds. The molecule has 8 aromatic rings. The molecular formula is C43H20N8. The highest BCUT2D eigenvalue weighted by atomic mass is 15.0. The van der Waals surface area contributed by atoms with Crippen molar-refractivity contribution in [3.8, 4) is 46.8 Å². The lowest BCUT2D eigenvalue weighted by atomic mass is 9.96. The number of hydrogen-bond acceptors (Lipinski definition) is 4. The van der Waals surface area contributed by atoms with E-state index in [1.54, 1.807) is 36.4 Å². The molecule has 0 fully saturated rings. The first-order valence-corrected chi connectivity index (χ1v) is 15.7. The van der Waals surface area contributed by atoms with Crippen LogP contribution in [0.4, 0.5) is 11.4 Å². The molecule has 0 spiro atoms. The van der Waals surface area contributed by atoms with Crippen molar-refractivity contribution in [2.45, 2.75) is 6.92 Å². The van der Waals surface area contributed by atoms with E-state index in [2.05, 4.69) is 34.0 Å². The van der Waals surface area contributed by atoms with Crippen LogP contribution in [-0.4, -0.2) is 9.13 Å². The Morgan fingerprint density at radius 2 is 0.980 bits per heavy atom. The molecule has 0 unspecified atom stereocenters. The van der Waals surface area contributed by atoms with Gasteiger partial charge in [0.05, 0.1) is 87.0 Å². The Labute approximate surface area is 291 Å². The molecule has 8 rings (SSSR count). The molecule has 0 N–H and O–H groups in total. The normalized spacial score (nSPS) is 10.7. The Bertz CT molecular complexity index is 2970. The largest absolute Gasteiger partial charge is 0.309 e. The lowest BCUT2D eigenvalue weighted by Gasteiger charge is -2.19. The van der Waals surface area contributed by atoms with Gasteiger partial charge < -0.3 is 9.13 Å². The minimum Gasteiger partial charge on any atom is -0.309 e. The van der Waals surface area contributed by atoms with E-state index in [0.717, 1.165) is 60.3 Å². The number of nitrogens with zero attached hydrogens (tertiary/aromatic N) is 8. The van der Waals surface area contributed by atoms with Gasteiger partial charge in [-0.25, -0.2) is 9.69 Å². The summed E-state index contributed by atoms with van der Waals surface area (Å²) < 4.78 is 4.03. The SMILES string of the molecule is [C-]#[N+]c1ccc2c(c1)c1cc([N+]#[C-])ccc1n2-c1cc(C#N)c(-n2c3ccc(C#N)cc3c3cc(C#N)ccc32)cc1-c1cc(C)cc(C#N)c1. The lowest BCUT2D eigenvalue weighted by Crippen LogP contribution is -2.04. The summed E-state index contributed by atoms with van der Waals surface area (Å²) >= 11 is 0. The second kappa shape index (κ2) is 11.5. The van der Waals surface area contributed by atoms with E-state index < -0.39 is 0 Å². The van der Waals surface area contributed by atoms with Crippen LogP contribution in [0.3, 0.4) is 0 Å². The molecular weight excluding hydrogens is 629 g/mol. The van der Waals surface area contributed by atoms with Crippen molar-refractivity contribution in [2.24, 2.45) is 0 Å². The Balaban J connectivity index is 1.55. The van der Waals surface area contributed by atoms with Crippen LogP contribution in [0, 0.1) is 65.4 Å². The van der Waals surface area contributed by atoms with E-state index in [9.17, 15) is 21.0 Å². The van der Waals surface area contributed by atoms with Gasteiger partial charge in [-0.3, -0.25) is 0 Å². The summed E-state index contributed by atoms with van der Waals surface area (Å²) in [6.45, 7) is 17.2. The van der Waals surface area contributed by atoms with Gasteiger partial charge >= 0.3 is 0 Å². The first-order valence-electron chi connectivity index (χ1n) is 15.7. The summed E-state index contributed by atoms with van der Waals surface area (Å²) in [5, 5.41) is 43.4. The maximum Gasteiger partial charge on any atom is 0.188 e.